The number of rotatable bonds is 1. The average molecular weight is 209 g/mol. The molecule has 1 rings (SSSR count). The van der Waals surface area contributed by atoms with Crippen LogP contribution in [0.1, 0.15) is 11.4 Å². The van der Waals surface area contributed by atoms with Crippen LogP contribution in [0.25, 0.3) is 0 Å². The summed E-state index contributed by atoms with van der Waals surface area (Å²) in [5.41, 5.74) is 11.6. The third-order valence-corrected chi connectivity index (χ3v) is 1.24. The van der Waals surface area contributed by atoms with Crippen LogP contribution in [0.2, 0.25) is 0 Å². The number of nitrogen functional groups attached to an aromatic ring is 1. The fourth-order valence-electron chi connectivity index (χ4n) is 0.670. The van der Waals surface area contributed by atoms with Gasteiger partial charge in [-0.25, -0.2) is 9.97 Å². The van der Waals surface area contributed by atoms with Crippen LogP contribution in [0, 0.1) is 6.92 Å². The van der Waals surface area contributed by atoms with E-state index in [1.54, 1.807) is 13.1 Å². The molecular weight excluding hydrogens is 199 g/mol. The van der Waals surface area contributed by atoms with E-state index < -0.39 is 0 Å². The van der Waals surface area contributed by atoms with Gasteiger partial charge in [0.2, 0.25) is 0 Å². The Morgan fingerprint density at radius 1 is 1.42 bits per heavy atom. The Hall–Kier alpha value is -0.580. The molecule has 4 N–H and O–H groups in total. The molecule has 0 aliphatic rings. The van der Waals surface area contributed by atoms with Crippen molar-refractivity contribution < 1.29 is 24.8 Å². The highest BCUT2D eigenvalue weighted by molar-refractivity contribution is 5.36. The van der Waals surface area contributed by atoms with Gasteiger partial charge in [-0.2, -0.15) is 0 Å². The summed E-state index contributed by atoms with van der Waals surface area (Å²) in [6.45, 7) is 2.18. The van der Waals surface area contributed by atoms with Gasteiger partial charge in [-0.3, -0.25) is 0 Å². The van der Waals surface area contributed by atoms with Crippen molar-refractivity contribution in [2.24, 2.45) is 5.73 Å². The molecule has 0 unspecified atom stereocenters. The molecule has 0 saturated carbocycles. The van der Waals surface area contributed by atoms with Crippen LogP contribution >= 0.6 is 0 Å². The highest BCUT2D eigenvalue weighted by atomic mass is 35.5. The smallest absolute Gasteiger partial charge is 0.131 e. The summed E-state index contributed by atoms with van der Waals surface area (Å²) in [5.74, 6) is 1.16. The van der Waals surface area contributed by atoms with Gasteiger partial charge in [-0.15, -0.1) is 0 Å². The van der Waals surface area contributed by atoms with Crippen molar-refractivity contribution in [3.05, 3.63) is 17.6 Å². The van der Waals surface area contributed by atoms with Crippen molar-refractivity contribution in [3.63, 3.8) is 0 Å². The molecule has 0 fully saturated rings. The van der Waals surface area contributed by atoms with Crippen LogP contribution in [0.4, 0.5) is 5.82 Å². The van der Waals surface area contributed by atoms with Crippen LogP contribution in [-0.2, 0) is 6.54 Å². The highest BCUT2D eigenvalue weighted by Gasteiger charge is 1.97. The molecule has 0 atom stereocenters. The average Bonchev–Trinajstić information content (AvgIpc) is 1.88. The summed E-state index contributed by atoms with van der Waals surface area (Å²) in [6, 6.07) is 0. The van der Waals surface area contributed by atoms with Gasteiger partial charge in [0.25, 0.3) is 0 Å². The van der Waals surface area contributed by atoms with Gasteiger partial charge in [-0.1, -0.05) is 0 Å². The Morgan fingerprint density at radius 2 is 2.00 bits per heavy atom. The summed E-state index contributed by atoms with van der Waals surface area (Å²) in [6.07, 6.45) is 1.65. The monoisotopic (exact) mass is 208 g/mol. The first kappa shape index (κ1) is 14.0. The second-order valence-electron chi connectivity index (χ2n) is 2.03. The fourth-order valence-corrected chi connectivity index (χ4v) is 0.670. The molecule has 12 heavy (non-hydrogen) atoms. The molecule has 0 aromatic carbocycles. The van der Waals surface area contributed by atoms with Crippen LogP contribution in [0.5, 0.6) is 0 Å². The van der Waals surface area contributed by atoms with E-state index in [0.717, 1.165) is 5.56 Å². The number of nitrogens with two attached hydrogens (primary N) is 2. The second-order valence-corrected chi connectivity index (χ2v) is 2.03. The van der Waals surface area contributed by atoms with Gasteiger partial charge in [0.1, 0.15) is 11.6 Å². The Labute approximate surface area is 83.6 Å². The minimum Gasteiger partial charge on any atom is -1.00 e. The van der Waals surface area contributed by atoms with Gasteiger partial charge in [0, 0.05) is 18.3 Å². The van der Waals surface area contributed by atoms with E-state index in [9.17, 15) is 0 Å². The fraction of sp³-hybridized carbons (Fsp3) is 0.333. The molecule has 70 valence electrons. The zero-order valence-electron chi connectivity index (χ0n) is 6.59. The van der Waals surface area contributed by atoms with Gasteiger partial charge < -0.3 is 36.3 Å². The molecule has 0 saturated heterocycles. The van der Waals surface area contributed by atoms with E-state index in [0.29, 0.717) is 18.2 Å². The maximum atomic E-state index is 5.50. The lowest BCUT2D eigenvalue weighted by Crippen LogP contribution is -3.00. The Morgan fingerprint density at radius 3 is 2.42 bits per heavy atom. The molecule has 0 aliphatic carbocycles. The summed E-state index contributed by atoms with van der Waals surface area (Å²) < 4.78 is 0. The van der Waals surface area contributed by atoms with Gasteiger partial charge >= 0.3 is 0 Å². The van der Waals surface area contributed by atoms with Crippen molar-refractivity contribution in [1.29, 1.82) is 0 Å². The molecule has 6 heteroatoms. The molecule has 0 bridgehead atoms. The molecule has 1 heterocycles. The molecular formula is C6H10Cl2N4-2. The molecule has 0 radical (unpaired) electrons. The number of hydrogen-bond donors (Lipinski definition) is 2. The third-order valence-electron chi connectivity index (χ3n) is 1.24. The van der Waals surface area contributed by atoms with E-state index in [1.807, 2.05) is 0 Å². The SMILES string of the molecule is Cc1ncc(CN)c(N)n1.[Cl-].[Cl-]. The van der Waals surface area contributed by atoms with Crippen LogP contribution in [-0.4, -0.2) is 9.97 Å². The zero-order chi connectivity index (χ0) is 7.56. The lowest BCUT2D eigenvalue weighted by molar-refractivity contribution is -0.001000. The van der Waals surface area contributed by atoms with Crippen molar-refractivity contribution in [2.45, 2.75) is 13.5 Å². The predicted molar refractivity (Wildman–Crippen MR) is 39.1 cm³/mol. The number of anilines is 1. The first-order valence-electron chi connectivity index (χ1n) is 3.02. The third kappa shape index (κ3) is 3.21. The maximum Gasteiger partial charge on any atom is 0.131 e. The van der Waals surface area contributed by atoms with Crippen molar-refractivity contribution >= 4 is 5.82 Å². The van der Waals surface area contributed by atoms with Gasteiger partial charge in [-0.05, 0) is 6.92 Å². The Balaban J connectivity index is 0. The van der Waals surface area contributed by atoms with Gasteiger partial charge in [0.05, 0.1) is 0 Å². The quantitative estimate of drug-likeness (QED) is 0.482. The van der Waals surface area contributed by atoms with Crippen molar-refractivity contribution in [1.82, 2.24) is 9.97 Å². The zero-order valence-corrected chi connectivity index (χ0v) is 8.10. The molecule has 4 nitrogen and oxygen atoms in total. The number of hydrogen-bond acceptors (Lipinski definition) is 4. The van der Waals surface area contributed by atoms with Crippen LogP contribution in [0.15, 0.2) is 6.20 Å². The lowest BCUT2D eigenvalue weighted by Gasteiger charge is -1.99. The van der Waals surface area contributed by atoms with E-state index in [4.69, 9.17) is 11.5 Å². The number of nitrogens with zero attached hydrogens (tertiary/aromatic N) is 2. The summed E-state index contributed by atoms with van der Waals surface area (Å²) >= 11 is 0. The summed E-state index contributed by atoms with van der Waals surface area (Å²) in [5, 5.41) is 0. The standard InChI is InChI=1S/C6H10N4.2ClH/c1-4-9-3-5(2-7)6(8)10-4;;/h3H,2,7H2,1H3,(H2,8,9,10);2*1H/p-2. The first-order chi connectivity index (χ1) is 4.74. The molecule has 1 aromatic heterocycles. The topological polar surface area (TPSA) is 77.8 Å². The van der Waals surface area contributed by atoms with E-state index in [1.165, 1.54) is 0 Å². The predicted octanol–water partition coefficient (Wildman–Crippen LogP) is -6.17. The summed E-state index contributed by atoms with van der Waals surface area (Å²) in [4.78, 5) is 7.87. The largest absolute Gasteiger partial charge is 1.00 e. The highest BCUT2D eigenvalue weighted by Crippen LogP contribution is 2.04. The molecule has 0 aliphatic heterocycles. The number of aromatic nitrogens is 2. The normalized spacial score (nSPS) is 8.17. The number of aryl methyl sites for hydroxylation is 1. The maximum absolute atomic E-state index is 5.50. The molecule has 1 aromatic rings. The molecule has 0 spiro atoms. The van der Waals surface area contributed by atoms with Crippen LogP contribution < -0.4 is 36.3 Å². The first-order valence-corrected chi connectivity index (χ1v) is 3.02. The van der Waals surface area contributed by atoms with Crippen molar-refractivity contribution in [3.8, 4) is 0 Å². The van der Waals surface area contributed by atoms with E-state index >= 15 is 0 Å². The van der Waals surface area contributed by atoms with Gasteiger partial charge in [0.15, 0.2) is 0 Å². The Bertz CT molecular complexity index is 241. The second kappa shape index (κ2) is 5.99. The minimum absolute atomic E-state index is 0. The van der Waals surface area contributed by atoms with E-state index in [2.05, 4.69) is 9.97 Å². The summed E-state index contributed by atoms with van der Waals surface area (Å²) in [7, 11) is 0. The lowest BCUT2D eigenvalue weighted by atomic mass is 10.3. The molecule has 0 amide bonds. The van der Waals surface area contributed by atoms with E-state index in [-0.39, 0.29) is 24.8 Å². The van der Waals surface area contributed by atoms with Crippen LogP contribution in [0.3, 0.4) is 0 Å². The van der Waals surface area contributed by atoms with Crippen molar-refractivity contribution in [2.75, 3.05) is 5.73 Å². The number of halogens is 2. The minimum atomic E-state index is 0. The Kier molecular flexibility index (Phi) is 6.98.